The Hall–Kier alpha value is -1.30. The first-order chi connectivity index (χ1) is 12.5. The third kappa shape index (κ3) is 7.14. The molecule has 1 aliphatic carbocycles. The molecule has 2 rings (SSSR count). The quantitative estimate of drug-likeness (QED) is 0.560. The fraction of sp³-hybridized carbons (Fsp3) is 0.900. The second-order valence-corrected chi connectivity index (χ2v) is 8.32. The number of carbonyl (C=O) groups excluding carboxylic acids is 1. The SMILES string of the molecule is CC(C)C1CCC(NC(=NCC(=O)N(C)C)NCC2CCCCO2)CC1. The zero-order chi connectivity index (χ0) is 18.9. The molecule has 1 atom stereocenters. The largest absolute Gasteiger partial charge is 0.376 e. The minimum atomic E-state index is 0.0172. The Balaban J connectivity index is 1.87. The first-order valence-electron chi connectivity index (χ1n) is 10.3. The normalized spacial score (nSPS) is 27.3. The van der Waals surface area contributed by atoms with Crippen molar-refractivity contribution in [3.63, 3.8) is 0 Å². The van der Waals surface area contributed by atoms with Crippen LogP contribution in [0.25, 0.3) is 0 Å². The number of rotatable bonds is 6. The zero-order valence-corrected chi connectivity index (χ0v) is 17.1. The molecule has 2 fully saturated rings. The van der Waals surface area contributed by atoms with Crippen LogP contribution in [0.4, 0.5) is 0 Å². The number of likely N-dealkylation sites (N-methyl/N-ethyl adjacent to an activating group) is 1. The van der Waals surface area contributed by atoms with E-state index >= 15 is 0 Å². The van der Waals surface area contributed by atoms with Crippen molar-refractivity contribution < 1.29 is 9.53 Å². The summed E-state index contributed by atoms with van der Waals surface area (Å²) in [6.45, 7) is 6.43. The molecule has 1 amide bonds. The molecule has 1 aliphatic heterocycles. The summed E-state index contributed by atoms with van der Waals surface area (Å²) in [6.07, 6.45) is 8.61. The molecule has 2 N–H and O–H groups in total. The van der Waals surface area contributed by atoms with Crippen molar-refractivity contribution in [3.8, 4) is 0 Å². The van der Waals surface area contributed by atoms with Crippen molar-refractivity contribution in [2.75, 3.05) is 33.8 Å². The summed E-state index contributed by atoms with van der Waals surface area (Å²) in [7, 11) is 3.53. The summed E-state index contributed by atoms with van der Waals surface area (Å²) in [4.78, 5) is 18.0. The smallest absolute Gasteiger partial charge is 0.243 e. The average molecular weight is 367 g/mol. The molecule has 1 unspecified atom stereocenters. The molecule has 0 spiro atoms. The van der Waals surface area contributed by atoms with E-state index in [1.807, 2.05) is 0 Å². The summed E-state index contributed by atoms with van der Waals surface area (Å²) in [5.74, 6) is 2.38. The maximum absolute atomic E-state index is 11.9. The molecule has 26 heavy (non-hydrogen) atoms. The van der Waals surface area contributed by atoms with E-state index in [-0.39, 0.29) is 18.6 Å². The van der Waals surface area contributed by atoms with Gasteiger partial charge in [-0.2, -0.15) is 0 Å². The predicted molar refractivity (Wildman–Crippen MR) is 106 cm³/mol. The molecule has 0 aromatic rings. The Kier molecular flexibility index (Phi) is 8.69. The molecule has 0 aromatic carbocycles. The third-order valence-electron chi connectivity index (χ3n) is 5.70. The van der Waals surface area contributed by atoms with Crippen LogP contribution < -0.4 is 10.6 Å². The summed E-state index contributed by atoms with van der Waals surface area (Å²) < 4.78 is 5.80. The fourth-order valence-corrected chi connectivity index (χ4v) is 3.74. The lowest BCUT2D eigenvalue weighted by Crippen LogP contribution is -2.48. The van der Waals surface area contributed by atoms with Crippen molar-refractivity contribution in [2.24, 2.45) is 16.8 Å². The van der Waals surface area contributed by atoms with Gasteiger partial charge in [-0.05, 0) is 56.8 Å². The van der Waals surface area contributed by atoms with E-state index in [9.17, 15) is 4.79 Å². The van der Waals surface area contributed by atoms with Crippen LogP contribution in [0.3, 0.4) is 0 Å². The van der Waals surface area contributed by atoms with Crippen LogP contribution >= 0.6 is 0 Å². The molecular weight excluding hydrogens is 328 g/mol. The van der Waals surface area contributed by atoms with Gasteiger partial charge in [-0.15, -0.1) is 0 Å². The second-order valence-electron chi connectivity index (χ2n) is 8.32. The number of aliphatic imine (C=N–C) groups is 1. The van der Waals surface area contributed by atoms with Crippen LogP contribution in [0.15, 0.2) is 4.99 Å². The lowest BCUT2D eigenvalue weighted by atomic mass is 9.80. The van der Waals surface area contributed by atoms with Gasteiger partial charge in [0.25, 0.3) is 0 Å². The number of nitrogens with one attached hydrogen (secondary N) is 2. The van der Waals surface area contributed by atoms with E-state index in [0.717, 1.165) is 43.8 Å². The molecule has 0 radical (unpaired) electrons. The summed E-state index contributed by atoms with van der Waals surface area (Å²) >= 11 is 0. The van der Waals surface area contributed by atoms with Crippen molar-refractivity contribution in [1.29, 1.82) is 0 Å². The lowest BCUT2D eigenvalue weighted by molar-refractivity contribution is -0.127. The number of guanidine groups is 1. The number of carbonyl (C=O) groups is 1. The molecular formula is C20H38N4O2. The first-order valence-corrected chi connectivity index (χ1v) is 10.3. The van der Waals surface area contributed by atoms with Crippen LogP contribution in [0.5, 0.6) is 0 Å². The molecule has 150 valence electrons. The monoisotopic (exact) mass is 366 g/mol. The first kappa shape index (κ1) is 21.0. The van der Waals surface area contributed by atoms with Crippen LogP contribution in [0, 0.1) is 11.8 Å². The van der Waals surface area contributed by atoms with E-state index < -0.39 is 0 Å². The standard InChI is InChI=1S/C20H38N4O2/c1-15(2)16-8-10-17(11-9-16)23-20(22-14-19(25)24(3)4)21-13-18-7-5-6-12-26-18/h15-18H,5-14H2,1-4H3,(H2,21,22,23). The molecule has 0 aromatic heterocycles. The highest BCUT2D eigenvalue weighted by Gasteiger charge is 2.24. The van der Waals surface area contributed by atoms with Gasteiger partial charge in [0.15, 0.2) is 5.96 Å². The number of ether oxygens (including phenoxy) is 1. The Bertz CT molecular complexity index is 451. The molecule has 2 aliphatic rings. The summed E-state index contributed by atoms with van der Waals surface area (Å²) in [6, 6.07) is 0.443. The van der Waals surface area contributed by atoms with Gasteiger partial charge in [-0.3, -0.25) is 4.79 Å². The minimum absolute atomic E-state index is 0.0172. The zero-order valence-electron chi connectivity index (χ0n) is 17.1. The Morgan fingerprint density at radius 3 is 2.46 bits per heavy atom. The minimum Gasteiger partial charge on any atom is -0.376 e. The lowest BCUT2D eigenvalue weighted by Gasteiger charge is -2.32. The van der Waals surface area contributed by atoms with Gasteiger partial charge in [0.1, 0.15) is 6.54 Å². The highest BCUT2D eigenvalue weighted by atomic mass is 16.5. The number of hydrogen-bond donors (Lipinski definition) is 2. The molecule has 0 bridgehead atoms. The molecule has 1 saturated carbocycles. The number of amides is 1. The maximum Gasteiger partial charge on any atom is 0.243 e. The van der Waals surface area contributed by atoms with Crippen LogP contribution in [-0.4, -0.2) is 62.7 Å². The summed E-state index contributed by atoms with van der Waals surface area (Å²) in [5.41, 5.74) is 0. The van der Waals surface area contributed by atoms with E-state index in [0.29, 0.717) is 6.04 Å². The van der Waals surface area contributed by atoms with Crippen LogP contribution in [0.1, 0.15) is 58.8 Å². The average Bonchev–Trinajstić information content (AvgIpc) is 2.64. The number of nitrogens with zero attached hydrogens (tertiary/aromatic N) is 2. The van der Waals surface area contributed by atoms with Crippen molar-refractivity contribution in [1.82, 2.24) is 15.5 Å². The van der Waals surface area contributed by atoms with Gasteiger partial charge in [0.05, 0.1) is 6.10 Å². The molecule has 6 heteroatoms. The summed E-state index contributed by atoms with van der Waals surface area (Å²) in [5, 5.41) is 6.97. The van der Waals surface area contributed by atoms with Crippen molar-refractivity contribution in [3.05, 3.63) is 0 Å². The van der Waals surface area contributed by atoms with Gasteiger partial charge in [0, 0.05) is 33.3 Å². The topological polar surface area (TPSA) is 66.0 Å². The maximum atomic E-state index is 11.9. The van der Waals surface area contributed by atoms with Crippen LogP contribution in [0.2, 0.25) is 0 Å². The predicted octanol–water partition coefficient (Wildman–Crippen LogP) is 2.39. The van der Waals surface area contributed by atoms with Crippen LogP contribution in [-0.2, 0) is 9.53 Å². The highest BCUT2D eigenvalue weighted by Crippen LogP contribution is 2.29. The van der Waals surface area contributed by atoms with E-state index in [1.54, 1.807) is 19.0 Å². The second kappa shape index (κ2) is 10.8. The van der Waals surface area contributed by atoms with Crippen molar-refractivity contribution >= 4 is 11.9 Å². The van der Waals surface area contributed by atoms with Gasteiger partial charge in [0.2, 0.25) is 5.91 Å². The third-order valence-corrected chi connectivity index (χ3v) is 5.70. The van der Waals surface area contributed by atoms with E-state index in [4.69, 9.17) is 4.74 Å². The van der Waals surface area contributed by atoms with Gasteiger partial charge < -0.3 is 20.3 Å². The molecule has 1 saturated heterocycles. The Labute approximate surface area is 159 Å². The highest BCUT2D eigenvalue weighted by molar-refractivity contribution is 5.84. The molecule has 6 nitrogen and oxygen atoms in total. The number of hydrogen-bond acceptors (Lipinski definition) is 3. The Morgan fingerprint density at radius 1 is 1.15 bits per heavy atom. The fourth-order valence-electron chi connectivity index (χ4n) is 3.74. The Morgan fingerprint density at radius 2 is 1.88 bits per heavy atom. The van der Waals surface area contributed by atoms with E-state index in [2.05, 4.69) is 29.5 Å². The van der Waals surface area contributed by atoms with Crippen molar-refractivity contribution in [2.45, 2.75) is 70.9 Å². The van der Waals surface area contributed by atoms with Gasteiger partial charge in [-0.1, -0.05) is 13.8 Å². The van der Waals surface area contributed by atoms with Gasteiger partial charge >= 0.3 is 0 Å². The van der Waals surface area contributed by atoms with E-state index in [1.165, 1.54) is 32.1 Å². The molecule has 1 heterocycles. The van der Waals surface area contributed by atoms with Gasteiger partial charge in [-0.25, -0.2) is 4.99 Å².